The molecular formula is C65H96. The van der Waals surface area contributed by atoms with E-state index in [2.05, 4.69) is 265 Å². The Morgan fingerprint density at radius 3 is 1.35 bits per heavy atom. The largest absolute Gasteiger partial charge is 0.103 e. The molecule has 1 unspecified atom stereocenters. The molecule has 0 bridgehead atoms. The second-order valence-corrected chi connectivity index (χ2v) is 18.9. The van der Waals surface area contributed by atoms with Crippen molar-refractivity contribution in [2.24, 2.45) is 17.8 Å². The van der Waals surface area contributed by atoms with Crippen LogP contribution < -0.4 is 0 Å². The second kappa shape index (κ2) is 34.4. The van der Waals surface area contributed by atoms with E-state index >= 15 is 0 Å². The Labute approximate surface area is 404 Å². The summed E-state index contributed by atoms with van der Waals surface area (Å²) in [6.07, 6.45) is 24.4. The van der Waals surface area contributed by atoms with E-state index in [9.17, 15) is 0 Å². The van der Waals surface area contributed by atoms with E-state index in [-0.39, 0.29) is 10.8 Å². The fraction of sp³-hybridized carbons (Fsp3) is 0.415. The lowest BCUT2D eigenvalue weighted by molar-refractivity contribution is 0.407. The van der Waals surface area contributed by atoms with E-state index in [1.165, 1.54) is 74.0 Å². The van der Waals surface area contributed by atoms with Gasteiger partial charge >= 0.3 is 0 Å². The first kappa shape index (κ1) is 62.1. The van der Waals surface area contributed by atoms with Crippen molar-refractivity contribution in [3.63, 3.8) is 0 Å². The summed E-state index contributed by atoms with van der Waals surface area (Å²) in [7, 11) is 0. The predicted molar refractivity (Wildman–Crippen MR) is 300 cm³/mol. The Morgan fingerprint density at radius 1 is 0.538 bits per heavy atom. The van der Waals surface area contributed by atoms with Gasteiger partial charge in [0, 0.05) is 5.41 Å². The molecule has 0 aliphatic rings. The van der Waals surface area contributed by atoms with Crippen molar-refractivity contribution in [2.75, 3.05) is 0 Å². The van der Waals surface area contributed by atoms with Gasteiger partial charge < -0.3 is 0 Å². The fourth-order valence-corrected chi connectivity index (χ4v) is 6.30. The normalized spacial score (nSPS) is 11.8. The molecule has 4 aromatic carbocycles. The summed E-state index contributed by atoms with van der Waals surface area (Å²) in [5, 5.41) is 0. The van der Waals surface area contributed by atoms with Crippen LogP contribution in [0.25, 0.3) is 0 Å². The van der Waals surface area contributed by atoms with Crippen molar-refractivity contribution < 1.29 is 0 Å². The van der Waals surface area contributed by atoms with Gasteiger partial charge in [-0.15, -0.1) is 19.7 Å². The molecule has 0 spiro atoms. The van der Waals surface area contributed by atoms with Gasteiger partial charge in [-0.1, -0.05) is 263 Å². The molecule has 0 heterocycles. The number of aryl methyl sites for hydroxylation is 7. The van der Waals surface area contributed by atoms with Crippen LogP contribution >= 0.6 is 0 Å². The average molecular weight is 877 g/mol. The Bertz CT molecular complexity index is 2000. The fourth-order valence-electron chi connectivity index (χ4n) is 6.30. The SMILES string of the molecule is C/C(=C/C=C/C=C/C=C/C(C)C(C)(C)c1cc(C)ccc1C)C(C)(C)c1cc(C)ccc1C.C=CC(C)C.C=CC(C)C.C=CCc1ccc(C)cc1.CC.CCCc1ccc(C)cc1. The molecule has 356 valence electrons. The second-order valence-electron chi connectivity index (χ2n) is 18.9. The van der Waals surface area contributed by atoms with E-state index in [4.69, 9.17) is 0 Å². The maximum atomic E-state index is 3.68. The first-order valence-electron chi connectivity index (χ1n) is 24.4. The minimum atomic E-state index is 0.0129. The molecule has 4 aromatic rings. The highest BCUT2D eigenvalue weighted by Gasteiger charge is 2.27. The molecule has 0 aromatic heterocycles. The minimum Gasteiger partial charge on any atom is -0.103 e. The zero-order valence-electron chi connectivity index (χ0n) is 45.3. The molecule has 0 nitrogen and oxygen atoms in total. The molecule has 0 saturated carbocycles. The van der Waals surface area contributed by atoms with Gasteiger partial charge in [0.15, 0.2) is 0 Å². The van der Waals surface area contributed by atoms with Gasteiger partial charge in [0.05, 0.1) is 0 Å². The summed E-state index contributed by atoms with van der Waals surface area (Å²) >= 11 is 0. The molecular weight excluding hydrogens is 781 g/mol. The highest BCUT2D eigenvalue weighted by Crippen LogP contribution is 2.36. The predicted octanol–water partition coefficient (Wildman–Crippen LogP) is 19.8. The highest BCUT2D eigenvalue weighted by molar-refractivity contribution is 5.42. The number of rotatable bonds is 14. The summed E-state index contributed by atoms with van der Waals surface area (Å²) in [5.74, 6) is 1.73. The van der Waals surface area contributed by atoms with Crippen LogP contribution in [0.3, 0.4) is 0 Å². The molecule has 0 fully saturated rings. The molecule has 0 saturated heterocycles. The van der Waals surface area contributed by atoms with Crippen LogP contribution in [0.2, 0.25) is 0 Å². The van der Waals surface area contributed by atoms with Crippen LogP contribution in [-0.2, 0) is 23.7 Å². The smallest absolute Gasteiger partial charge is 0.0108 e. The summed E-state index contributed by atoms with van der Waals surface area (Å²) in [4.78, 5) is 0. The van der Waals surface area contributed by atoms with Gasteiger partial charge in [-0.05, 0) is 118 Å². The molecule has 0 radical (unpaired) electrons. The standard InChI is InChI=1S/C33H44.C10H14.C10H12.2C5H10.C2H6/c1-24-18-20-26(3)30(22-24)32(7,8)28(5)16-14-12-11-13-15-17-29(6)33(9,10)31-23-25(2)19-21-27(31)4;2*1-3-4-10-7-5-9(2)6-8-10;2*1-4-5(2)3;1-2/h11-23,28H,1-10H3;5-8H,3-4H2,1-2H3;3,5-8H,1,4H2,2H3;2*4-5H,1H2,2-3H3;1-2H3/b12-11+,15-13+,16-14+,29-17-;;;;;. The van der Waals surface area contributed by atoms with Crippen LogP contribution in [0.5, 0.6) is 0 Å². The molecule has 0 amide bonds. The number of benzene rings is 4. The lowest BCUT2D eigenvalue weighted by Crippen LogP contribution is -2.26. The quantitative estimate of drug-likeness (QED) is 0.0875. The molecule has 1 atom stereocenters. The van der Waals surface area contributed by atoms with Crippen LogP contribution in [0.1, 0.15) is 152 Å². The van der Waals surface area contributed by atoms with Gasteiger partial charge in [0.1, 0.15) is 0 Å². The lowest BCUT2D eigenvalue weighted by atomic mass is 9.72. The van der Waals surface area contributed by atoms with E-state index in [1.807, 2.05) is 32.1 Å². The maximum absolute atomic E-state index is 3.68. The third kappa shape index (κ3) is 26.6. The van der Waals surface area contributed by atoms with Gasteiger partial charge in [-0.25, -0.2) is 0 Å². The monoisotopic (exact) mass is 877 g/mol. The van der Waals surface area contributed by atoms with Crippen molar-refractivity contribution in [3.8, 4) is 0 Å². The third-order valence-corrected chi connectivity index (χ3v) is 11.6. The molecule has 0 aliphatic heterocycles. The molecule has 0 N–H and O–H groups in total. The van der Waals surface area contributed by atoms with Gasteiger partial charge in [-0.3, -0.25) is 0 Å². The van der Waals surface area contributed by atoms with Crippen molar-refractivity contribution in [1.29, 1.82) is 0 Å². The van der Waals surface area contributed by atoms with Crippen molar-refractivity contribution in [3.05, 3.63) is 227 Å². The van der Waals surface area contributed by atoms with Crippen LogP contribution in [-0.4, -0.2) is 0 Å². The summed E-state index contributed by atoms with van der Waals surface area (Å²) < 4.78 is 0. The van der Waals surface area contributed by atoms with Crippen molar-refractivity contribution in [1.82, 2.24) is 0 Å². The van der Waals surface area contributed by atoms with Crippen LogP contribution in [0.4, 0.5) is 0 Å². The van der Waals surface area contributed by atoms with Gasteiger partial charge in [-0.2, -0.15) is 0 Å². The lowest BCUT2D eigenvalue weighted by Gasteiger charge is -2.32. The Kier molecular flexibility index (Phi) is 32.9. The maximum Gasteiger partial charge on any atom is 0.0108 e. The Morgan fingerprint density at radius 2 is 0.923 bits per heavy atom. The van der Waals surface area contributed by atoms with E-state index in [1.54, 1.807) is 0 Å². The van der Waals surface area contributed by atoms with E-state index in [0.717, 1.165) is 6.42 Å². The zero-order chi connectivity index (χ0) is 50.2. The number of hydrogen-bond donors (Lipinski definition) is 0. The van der Waals surface area contributed by atoms with Gasteiger partial charge in [0.2, 0.25) is 0 Å². The molecule has 65 heavy (non-hydrogen) atoms. The minimum absolute atomic E-state index is 0.0129. The zero-order valence-corrected chi connectivity index (χ0v) is 45.3. The van der Waals surface area contributed by atoms with Crippen LogP contribution in [0.15, 0.2) is 171 Å². The molecule has 4 rings (SSSR count). The first-order chi connectivity index (χ1) is 30.6. The third-order valence-electron chi connectivity index (χ3n) is 11.6. The Hall–Kier alpha value is -4.94. The average Bonchev–Trinajstić information content (AvgIpc) is 3.28. The number of hydrogen-bond acceptors (Lipinski definition) is 0. The summed E-state index contributed by atoms with van der Waals surface area (Å²) in [5.41, 5.74) is 15.1. The van der Waals surface area contributed by atoms with Crippen LogP contribution in [0, 0.1) is 59.3 Å². The number of allylic oxidation sites excluding steroid dienone is 11. The summed E-state index contributed by atoms with van der Waals surface area (Å²) in [6, 6.07) is 30.8. The van der Waals surface area contributed by atoms with E-state index in [0.29, 0.717) is 17.8 Å². The Balaban J connectivity index is 0. The molecule has 0 heteroatoms. The summed E-state index contributed by atoms with van der Waals surface area (Å²) in [6.45, 7) is 52.3. The molecule has 0 aliphatic carbocycles. The first-order valence-corrected chi connectivity index (χ1v) is 24.4. The van der Waals surface area contributed by atoms with Crippen molar-refractivity contribution in [2.45, 2.75) is 162 Å². The topological polar surface area (TPSA) is 0 Å². The highest BCUT2D eigenvalue weighted by atomic mass is 14.3. The van der Waals surface area contributed by atoms with Crippen molar-refractivity contribution >= 4 is 0 Å². The van der Waals surface area contributed by atoms with E-state index < -0.39 is 0 Å². The van der Waals surface area contributed by atoms with Gasteiger partial charge in [0.25, 0.3) is 0 Å².